The lowest BCUT2D eigenvalue weighted by Crippen LogP contribution is -2.65. The third kappa shape index (κ3) is 2.32. The number of cyclic esters (lactones) is 1. The molecule has 0 aromatic carbocycles. The molecule has 4 rings (SSSR count). The number of carbonyl (C=O) groups excluding carboxylic acids is 2. The van der Waals surface area contributed by atoms with E-state index in [-0.39, 0.29) is 46.1 Å². The van der Waals surface area contributed by atoms with Crippen LogP contribution in [0.4, 0.5) is 0 Å². The molecule has 4 nitrogen and oxygen atoms in total. The van der Waals surface area contributed by atoms with Gasteiger partial charge >= 0.3 is 11.9 Å². The van der Waals surface area contributed by atoms with Gasteiger partial charge in [0.05, 0.1) is 12.5 Å². The molecule has 4 fully saturated rings. The lowest BCUT2D eigenvalue weighted by Gasteiger charge is -2.67. The van der Waals surface area contributed by atoms with Crippen molar-refractivity contribution in [1.29, 1.82) is 0 Å². The lowest BCUT2D eigenvalue weighted by atomic mass is 9.38. The van der Waals surface area contributed by atoms with E-state index in [0.29, 0.717) is 18.4 Å². The maximum Gasteiger partial charge on any atom is 0.309 e. The molecule has 3 aliphatic carbocycles. The minimum atomic E-state index is -0.195. The highest BCUT2D eigenvalue weighted by Gasteiger charge is 2.68. The maximum absolute atomic E-state index is 12.3. The second kappa shape index (κ2) is 5.72. The van der Waals surface area contributed by atoms with Gasteiger partial charge in [-0.3, -0.25) is 9.59 Å². The van der Waals surface area contributed by atoms with E-state index in [4.69, 9.17) is 9.47 Å². The van der Waals surface area contributed by atoms with Gasteiger partial charge in [0.15, 0.2) is 0 Å². The van der Waals surface area contributed by atoms with Crippen molar-refractivity contribution in [2.24, 2.45) is 39.9 Å². The summed E-state index contributed by atoms with van der Waals surface area (Å²) in [7, 11) is 0. The van der Waals surface area contributed by atoms with E-state index in [0.717, 1.165) is 19.3 Å². The molecular formula is C22H34O4. The lowest BCUT2D eigenvalue weighted by molar-refractivity contribution is -0.230. The fourth-order valence-electron chi connectivity index (χ4n) is 7.93. The summed E-state index contributed by atoms with van der Waals surface area (Å²) in [5.41, 5.74) is 0.356. The normalized spacial score (nSPS) is 49.4. The van der Waals surface area contributed by atoms with Crippen LogP contribution in [0.3, 0.4) is 0 Å². The van der Waals surface area contributed by atoms with Crippen molar-refractivity contribution in [2.45, 2.75) is 79.2 Å². The van der Waals surface area contributed by atoms with Crippen molar-refractivity contribution >= 4 is 11.9 Å². The van der Waals surface area contributed by atoms with Crippen LogP contribution in [0.1, 0.15) is 73.1 Å². The second-order valence-corrected chi connectivity index (χ2v) is 10.6. The van der Waals surface area contributed by atoms with Crippen molar-refractivity contribution in [3.05, 3.63) is 0 Å². The molecule has 2 unspecified atom stereocenters. The Labute approximate surface area is 157 Å². The summed E-state index contributed by atoms with van der Waals surface area (Å²) in [6.07, 6.45) is 6.56. The van der Waals surface area contributed by atoms with Gasteiger partial charge in [0.25, 0.3) is 0 Å². The molecule has 4 aliphatic rings. The molecule has 0 aromatic rings. The molecule has 0 aromatic heterocycles. The zero-order valence-electron chi connectivity index (χ0n) is 17.0. The average molecular weight is 363 g/mol. The Balaban J connectivity index is 1.80. The number of rotatable bonds is 1. The molecule has 1 heterocycles. The summed E-state index contributed by atoms with van der Waals surface area (Å²) in [5, 5.41) is 0. The van der Waals surface area contributed by atoms with E-state index in [2.05, 4.69) is 27.7 Å². The molecule has 0 amide bonds. The third-order valence-corrected chi connectivity index (χ3v) is 9.03. The Hall–Kier alpha value is -1.06. The van der Waals surface area contributed by atoms with Gasteiger partial charge in [-0.05, 0) is 54.8 Å². The average Bonchev–Trinajstić information content (AvgIpc) is 2.91. The van der Waals surface area contributed by atoms with Gasteiger partial charge in [-0.25, -0.2) is 0 Å². The Bertz CT molecular complexity index is 626. The standard InChI is InChI=1S/C22H34O4/c1-13(23)26-18-11-17-20(2,3)9-6-10-21(17,4)16-8-7-14-15(22(16,18)5)12-25-19(14)24/h14-18H,6-12H2,1-5H3/t14-,15-,16?,17?,18-,21-,22+/m1/s1. The number of carbonyl (C=O) groups is 2. The SMILES string of the molecule is CC(=O)O[C@@H]1CC2C(C)(C)CCC[C@]2(C)C2CC[C@H]3C(=O)OC[C@H]3[C@@]21C. The fraction of sp³-hybridized carbons (Fsp3) is 0.909. The Morgan fingerprint density at radius 2 is 1.85 bits per heavy atom. The van der Waals surface area contributed by atoms with Gasteiger partial charge < -0.3 is 9.47 Å². The van der Waals surface area contributed by atoms with Crippen LogP contribution in [0.25, 0.3) is 0 Å². The topological polar surface area (TPSA) is 52.6 Å². The first-order valence-corrected chi connectivity index (χ1v) is 10.4. The monoisotopic (exact) mass is 362 g/mol. The van der Waals surface area contributed by atoms with Crippen molar-refractivity contribution in [1.82, 2.24) is 0 Å². The fourth-order valence-corrected chi connectivity index (χ4v) is 7.93. The quantitative estimate of drug-likeness (QED) is 0.650. The molecule has 1 saturated heterocycles. The van der Waals surface area contributed by atoms with Crippen LogP contribution in [-0.2, 0) is 19.1 Å². The van der Waals surface area contributed by atoms with Gasteiger partial charge in [0.1, 0.15) is 6.10 Å². The predicted molar refractivity (Wildman–Crippen MR) is 98.2 cm³/mol. The van der Waals surface area contributed by atoms with Gasteiger partial charge in [-0.2, -0.15) is 0 Å². The summed E-state index contributed by atoms with van der Waals surface area (Å²) in [4.78, 5) is 24.3. The van der Waals surface area contributed by atoms with Gasteiger partial charge in [-0.15, -0.1) is 0 Å². The van der Waals surface area contributed by atoms with Gasteiger partial charge in [0, 0.05) is 18.3 Å². The molecule has 0 bridgehead atoms. The van der Waals surface area contributed by atoms with E-state index in [1.165, 1.54) is 26.2 Å². The highest BCUT2D eigenvalue weighted by molar-refractivity contribution is 5.75. The molecule has 1 aliphatic heterocycles. The third-order valence-electron chi connectivity index (χ3n) is 9.03. The zero-order chi connectivity index (χ0) is 18.9. The Morgan fingerprint density at radius 1 is 1.12 bits per heavy atom. The molecule has 0 radical (unpaired) electrons. The van der Waals surface area contributed by atoms with Gasteiger partial charge in [0.2, 0.25) is 0 Å². The van der Waals surface area contributed by atoms with E-state index in [1.54, 1.807) is 0 Å². The van der Waals surface area contributed by atoms with Crippen LogP contribution in [0.2, 0.25) is 0 Å². The van der Waals surface area contributed by atoms with Crippen molar-refractivity contribution in [3.63, 3.8) is 0 Å². The van der Waals surface area contributed by atoms with Crippen molar-refractivity contribution in [2.75, 3.05) is 6.61 Å². The first-order chi connectivity index (χ1) is 12.1. The summed E-state index contributed by atoms with van der Waals surface area (Å²) >= 11 is 0. The Morgan fingerprint density at radius 3 is 2.54 bits per heavy atom. The van der Waals surface area contributed by atoms with Crippen molar-refractivity contribution < 1.29 is 19.1 Å². The van der Waals surface area contributed by atoms with Crippen molar-refractivity contribution in [3.8, 4) is 0 Å². The smallest absolute Gasteiger partial charge is 0.309 e. The summed E-state index contributed by atoms with van der Waals surface area (Å²) in [5.74, 6) is 0.980. The van der Waals surface area contributed by atoms with Crippen LogP contribution in [-0.4, -0.2) is 24.6 Å². The van der Waals surface area contributed by atoms with E-state index in [1.807, 2.05) is 0 Å². The number of esters is 2. The van der Waals surface area contributed by atoms with Crippen LogP contribution in [0.5, 0.6) is 0 Å². The minimum absolute atomic E-state index is 0.00828. The minimum Gasteiger partial charge on any atom is -0.465 e. The van der Waals surface area contributed by atoms with Crippen LogP contribution < -0.4 is 0 Å². The largest absolute Gasteiger partial charge is 0.465 e. The van der Waals surface area contributed by atoms with Crippen LogP contribution >= 0.6 is 0 Å². The molecule has 4 heteroatoms. The molecule has 0 N–H and O–H groups in total. The highest BCUT2D eigenvalue weighted by Crippen LogP contribution is 2.70. The number of hydrogen-bond acceptors (Lipinski definition) is 4. The number of hydrogen-bond donors (Lipinski definition) is 0. The highest BCUT2D eigenvalue weighted by atomic mass is 16.5. The van der Waals surface area contributed by atoms with E-state index >= 15 is 0 Å². The zero-order valence-corrected chi connectivity index (χ0v) is 17.0. The summed E-state index contributed by atoms with van der Waals surface area (Å²) in [6.45, 7) is 11.6. The summed E-state index contributed by atoms with van der Waals surface area (Å²) in [6, 6.07) is 0. The van der Waals surface area contributed by atoms with E-state index in [9.17, 15) is 9.59 Å². The Kier molecular flexibility index (Phi) is 4.03. The van der Waals surface area contributed by atoms with Crippen LogP contribution in [0, 0.1) is 39.9 Å². The maximum atomic E-state index is 12.3. The molecular weight excluding hydrogens is 328 g/mol. The first kappa shape index (κ1) is 18.3. The van der Waals surface area contributed by atoms with E-state index < -0.39 is 0 Å². The molecule has 0 spiro atoms. The summed E-state index contributed by atoms with van der Waals surface area (Å²) < 4.78 is 11.5. The van der Waals surface area contributed by atoms with Gasteiger partial charge in [-0.1, -0.05) is 34.1 Å². The molecule has 26 heavy (non-hydrogen) atoms. The first-order valence-electron chi connectivity index (χ1n) is 10.4. The van der Waals surface area contributed by atoms with Crippen LogP contribution in [0.15, 0.2) is 0 Å². The number of ether oxygens (including phenoxy) is 2. The molecule has 3 saturated carbocycles. The number of fused-ring (bicyclic) bond motifs is 5. The molecule has 146 valence electrons. The molecule has 7 atom stereocenters. The second-order valence-electron chi connectivity index (χ2n) is 10.6. The predicted octanol–water partition coefficient (Wildman–Crippen LogP) is 4.36.